The maximum Gasteiger partial charge on any atom is 0.349 e. The van der Waals surface area contributed by atoms with Crippen LogP contribution in [0.25, 0.3) is 0 Å². The monoisotopic (exact) mass is 386 g/mol. The number of nitrogens with zero attached hydrogens (tertiary/aromatic N) is 2. The lowest BCUT2D eigenvalue weighted by molar-refractivity contribution is -0.143. The topological polar surface area (TPSA) is 104 Å². The molecule has 1 heterocycles. The molecule has 10 heteroatoms. The highest BCUT2D eigenvalue weighted by Crippen LogP contribution is 2.16. The maximum absolute atomic E-state index is 12.5. The Labute approximate surface area is 148 Å². The molecule has 0 spiro atoms. The molecule has 0 saturated carbocycles. The molecule has 134 valence electrons. The molecule has 0 aliphatic carbocycles. The summed E-state index contributed by atoms with van der Waals surface area (Å²) in [7, 11) is -4.16. The molecule has 2 rings (SSSR count). The smallest absolute Gasteiger partial charge is 0.349 e. The first kappa shape index (κ1) is 18.9. The Morgan fingerprint density at radius 3 is 2.36 bits per heavy atom. The van der Waals surface area contributed by atoms with E-state index >= 15 is 0 Å². The van der Waals surface area contributed by atoms with Gasteiger partial charge in [-0.15, -0.1) is 0 Å². The maximum atomic E-state index is 12.5. The largest absolute Gasteiger partial charge is 0.466 e. The molecule has 0 radical (unpaired) electrons. The van der Waals surface area contributed by atoms with Crippen LogP contribution in [0.3, 0.4) is 0 Å². The molecule has 25 heavy (non-hydrogen) atoms. The van der Waals surface area contributed by atoms with Gasteiger partial charge in [0.2, 0.25) is 5.91 Å². The molecule has 0 bridgehead atoms. The van der Waals surface area contributed by atoms with Gasteiger partial charge in [0, 0.05) is 23.8 Å². The molecule has 0 unspecified atom stereocenters. The van der Waals surface area contributed by atoms with E-state index < -0.39 is 27.6 Å². The Morgan fingerprint density at radius 2 is 1.76 bits per heavy atom. The predicted octanol–water partition coefficient (Wildman–Crippen LogP) is 1.52. The Balaban J connectivity index is 2.26. The zero-order chi connectivity index (χ0) is 18.6. The van der Waals surface area contributed by atoms with Crippen LogP contribution in [0, 0.1) is 0 Å². The van der Waals surface area contributed by atoms with Gasteiger partial charge in [0.25, 0.3) is 10.0 Å². The highest BCUT2D eigenvalue weighted by Gasteiger charge is 2.22. The third kappa shape index (κ3) is 4.18. The fourth-order valence-electron chi connectivity index (χ4n) is 2.02. The van der Waals surface area contributed by atoms with Crippen molar-refractivity contribution in [2.24, 2.45) is 0 Å². The number of esters is 1. The summed E-state index contributed by atoms with van der Waals surface area (Å²) >= 11 is 5.72. The van der Waals surface area contributed by atoms with Gasteiger partial charge in [-0.1, -0.05) is 11.6 Å². The first-order valence-electron chi connectivity index (χ1n) is 7.27. The van der Waals surface area contributed by atoms with Gasteiger partial charge < -0.3 is 4.74 Å². The summed E-state index contributed by atoms with van der Waals surface area (Å²) in [5.74, 6) is -1.28. The zero-order valence-corrected chi connectivity index (χ0v) is 14.8. The number of ether oxygens (including phenoxy) is 1. The Morgan fingerprint density at radius 1 is 1.12 bits per heavy atom. The first-order valence-corrected chi connectivity index (χ1v) is 9.09. The number of aromatic nitrogens is 2. The lowest BCUT2D eigenvalue weighted by Gasteiger charge is -2.04. The number of benzene rings is 1. The van der Waals surface area contributed by atoms with Crippen molar-refractivity contribution in [1.29, 1.82) is 0 Å². The number of imidazole rings is 1. The van der Waals surface area contributed by atoms with Crippen molar-refractivity contribution in [1.82, 2.24) is 8.54 Å². The number of hydrogen-bond donors (Lipinski definition) is 0. The van der Waals surface area contributed by atoms with Gasteiger partial charge in [-0.05, 0) is 31.2 Å². The van der Waals surface area contributed by atoms with E-state index in [1.807, 2.05) is 0 Å². The van der Waals surface area contributed by atoms with Crippen LogP contribution in [0.15, 0.2) is 46.3 Å². The average Bonchev–Trinajstić information content (AvgIpc) is 2.96. The van der Waals surface area contributed by atoms with Crippen molar-refractivity contribution in [2.45, 2.75) is 24.7 Å². The lowest BCUT2D eigenvalue weighted by Crippen LogP contribution is -2.32. The summed E-state index contributed by atoms with van der Waals surface area (Å²) in [6.45, 7) is 1.81. The molecule has 1 aromatic carbocycles. The highest BCUT2D eigenvalue weighted by atomic mass is 35.5. The Kier molecular flexibility index (Phi) is 5.81. The molecule has 0 N–H and O–H groups in total. The van der Waals surface area contributed by atoms with E-state index in [4.69, 9.17) is 16.3 Å². The van der Waals surface area contributed by atoms with Crippen molar-refractivity contribution < 1.29 is 22.7 Å². The van der Waals surface area contributed by atoms with Gasteiger partial charge in [-0.3, -0.25) is 9.59 Å². The van der Waals surface area contributed by atoms with Crippen LogP contribution in [0.4, 0.5) is 0 Å². The quantitative estimate of drug-likeness (QED) is 0.697. The van der Waals surface area contributed by atoms with Crippen LogP contribution in [-0.4, -0.2) is 35.4 Å². The van der Waals surface area contributed by atoms with E-state index in [1.54, 1.807) is 6.92 Å². The molecule has 0 fully saturated rings. The van der Waals surface area contributed by atoms with Crippen LogP contribution in [0.1, 0.15) is 24.6 Å². The standard InChI is InChI=1S/C15H15ClN2O6S/c1-2-24-14(20)8-7-13(19)17-9-10-18(15(17)21)25(22,23)12-5-3-11(16)4-6-12/h3-6,9-10H,2,7-8H2,1H3. The number of halogens is 1. The van der Waals surface area contributed by atoms with E-state index in [2.05, 4.69) is 0 Å². The van der Waals surface area contributed by atoms with Gasteiger partial charge in [-0.2, -0.15) is 3.97 Å². The van der Waals surface area contributed by atoms with Crippen molar-refractivity contribution in [3.8, 4) is 0 Å². The molecule has 8 nitrogen and oxygen atoms in total. The van der Waals surface area contributed by atoms with Gasteiger partial charge >= 0.3 is 11.7 Å². The molecule has 0 aliphatic heterocycles. The van der Waals surface area contributed by atoms with Gasteiger partial charge in [0.05, 0.1) is 17.9 Å². The second-order valence-electron chi connectivity index (χ2n) is 4.90. The number of rotatable bonds is 6. The van der Waals surface area contributed by atoms with E-state index in [9.17, 15) is 22.8 Å². The van der Waals surface area contributed by atoms with Crippen molar-refractivity contribution in [2.75, 3.05) is 6.61 Å². The molecular formula is C15H15ClN2O6S. The summed E-state index contributed by atoms with van der Waals surface area (Å²) in [6, 6.07) is 5.26. The van der Waals surface area contributed by atoms with Crippen LogP contribution < -0.4 is 5.69 Å². The molecule has 2 aromatic rings. The van der Waals surface area contributed by atoms with Crippen LogP contribution in [0.2, 0.25) is 5.02 Å². The van der Waals surface area contributed by atoms with E-state index in [0.29, 0.717) is 13.6 Å². The van der Waals surface area contributed by atoms with E-state index in [0.717, 1.165) is 12.4 Å². The molecular weight excluding hydrogens is 372 g/mol. The predicted molar refractivity (Wildman–Crippen MR) is 89.2 cm³/mol. The normalized spacial score (nSPS) is 11.3. The van der Waals surface area contributed by atoms with Crippen LogP contribution in [-0.2, 0) is 19.6 Å². The lowest BCUT2D eigenvalue weighted by atomic mass is 10.3. The second kappa shape index (κ2) is 7.66. The van der Waals surface area contributed by atoms with E-state index in [-0.39, 0.29) is 24.3 Å². The zero-order valence-electron chi connectivity index (χ0n) is 13.2. The second-order valence-corrected chi connectivity index (χ2v) is 7.16. The van der Waals surface area contributed by atoms with Gasteiger partial charge in [0.1, 0.15) is 0 Å². The van der Waals surface area contributed by atoms with Crippen molar-refractivity contribution in [3.05, 3.63) is 52.2 Å². The molecule has 1 aromatic heterocycles. The average molecular weight is 387 g/mol. The number of hydrogen-bond acceptors (Lipinski definition) is 6. The third-order valence-electron chi connectivity index (χ3n) is 3.23. The van der Waals surface area contributed by atoms with Crippen LogP contribution >= 0.6 is 11.6 Å². The Bertz CT molecular complexity index is 943. The summed E-state index contributed by atoms with van der Waals surface area (Å²) in [4.78, 5) is 35.4. The molecule has 0 saturated heterocycles. The van der Waals surface area contributed by atoms with Gasteiger partial charge in [-0.25, -0.2) is 17.8 Å². The first-order chi connectivity index (χ1) is 11.8. The summed E-state index contributed by atoms with van der Waals surface area (Å²) < 4.78 is 30.7. The van der Waals surface area contributed by atoms with Crippen molar-refractivity contribution >= 4 is 33.5 Å². The summed E-state index contributed by atoms with van der Waals surface area (Å²) in [5, 5.41) is 0.345. The number of carbonyl (C=O) groups is 2. The van der Waals surface area contributed by atoms with Gasteiger partial charge in [0.15, 0.2) is 0 Å². The SMILES string of the molecule is CCOC(=O)CCC(=O)n1ccn(S(=O)(=O)c2ccc(Cl)cc2)c1=O. The fraction of sp³-hybridized carbons (Fsp3) is 0.267. The molecule has 0 aliphatic rings. The minimum absolute atomic E-state index is 0.143. The van der Waals surface area contributed by atoms with Crippen LogP contribution in [0.5, 0.6) is 0 Å². The minimum Gasteiger partial charge on any atom is -0.466 e. The Hall–Kier alpha value is -2.39. The summed E-state index contributed by atoms with van der Waals surface area (Å²) in [5.41, 5.74) is -1.04. The molecule has 0 amide bonds. The fourth-order valence-corrected chi connectivity index (χ4v) is 3.36. The highest BCUT2D eigenvalue weighted by molar-refractivity contribution is 7.90. The van der Waals surface area contributed by atoms with E-state index in [1.165, 1.54) is 24.3 Å². The minimum atomic E-state index is -4.16. The molecule has 0 atom stereocenters. The summed E-state index contributed by atoms with van der Waals surface area (Å²) in [6.07, 6.45) is 1.55. The third-order valence-corrected chi connectivity index (χ3v) is 5.15. The van der Waals surface area contributed by atoms with Crippen molar-refractivity contribution in [3.63, 3.8) is 0 Å². The number of carbonyl (C=O) groups excluding carboxylic acids is 2.